The second-order valence-corrected chi connectivity index (χ2v) is 6.14. The summed E-state index contributed by atoms with van der Waals surface area (Å²) >= 11 is 35.5. The molecule has 0 aliphatic rings. The Balaban J connectivity index is 2.92. The quantitative estimate of drug-likeness (QED) is 0.294. The number of hydrogen-bond donors (Lipinski definition) is 0. The standard InChI is InChI=1S/C13H3Cl6FO/c14-8-7(9(15)11(17)12(18)10(8)16)6-3-4(20)1-2-5(6)13(19)21/h1-3H. The van der Waals surface area contributed by atoms with Crippen LogP contribution in [0.4, 0.5) is 4.39 Å². The van der Waals surface area contributed by atoms with E-state index in [1.165, 1.54) is 6.07 Å². The second kappa shape index (κ2) is 6.49. The lowest BCUT2D eigenvalue weighted by Gasteiger charge is -2.14. The summed E-state index contributed by atoms with van der Waals surface area (Å²) in [5.41, 5.74) is 0.169. The van der Waals surface area contributed by atoms with E-state index in [4.69, 9.17) is 69.6 Å². The minimum absolute atomic E-state index is 0.0105. The molecule has 0 radical (unpaired) electrons. The molecule has 0 saturated heterocycles. The van der Waals surface area contributed by atoms with Gasteiger partial charge >= 0.3 is 0 Å². The first-order valence-corrected chi connectivity index (χ1v) is 7.53. The third kappa shape index (κ3) is 3.12. The molecule has 8 heteroatoms. The molecular formula is C13H3Cl6FO. The molecule has 2 aromatic rings. The Hall–Kier alpha value is -0.220. The summed E-state index contributed by atoms with van der Waals surface area (Å²) < 4.78 is 13.5. The maximum absolute atomic E-state index is 13.5. The Kier molecular flexibility index (Phi) is 5.30. The van der Waals surface area contributed by atoms with Crippen molar-refractivity contribution in [2.24, 2.45) is 0 Å². The number of hydrogen-bond acceptors (Lipinski definition) is 1. The number of rotatable bonds is 2. The summed E-state index contributed by atoms with van der Waals surface area (Å²) in [6, 6.07) is 3.35. The van der Waals surface area contributed by atoms with E-state index in [-0.39, 0.29) is 41.8 Å². The van der Waals surface area contributed by atoms with Crippen molar-refractivity contribution < 1.29 is 9.18 Å². The van der Waals surface area contributed by atoms with E-state index < -0.39 is 11.1 Å². The summed E-state index contributed by atoms with van der Waals surface area (Å²) in [5.74, 6) is -0.610. The highest BCUT2D eigenvalue weighted by molar-refractivity contribution is 6.68. The lowest BCUT2D eigenvalue weighted by molar-refractivity contribution is 0.108. The molecule has 0 heterocycles. The summed E-state index contributed by atoms with van der Waals surface area (Å²) in [6.45, 7) is 0. The van der Waals surface area contributed by atoms with Gasteiger partial charge in [-0.3, -0.25) is 4.79 Å². The SMILES string of the molecule is O=C(Cl)c1ccc(F)cc1-c1c(Cl)c(Cl)c(Cl)c(Cl)c1Cl. The fourth-order valence-corrected chi connectivity index (χ4v) is 3.24. The smallest absolute Gasteiger partial charge is 0.253 e. The zero-order valence-electron chi connectivity index (χ0n) is 9.79. The maximum Gasteiger partial charge on any atom is 0.253 e. The largest absolute Gasteiger partial charge is 0.276 e. The van der Waals surface area contributed by atoms with Crippen molar-refractivity contribution >= 4 is 74.8 Å². The van der Waals surface area contributed by atoms with E-state index in [0.29, 0.717) is 0 Å². The lowest BCUT2D eigenvalue weighted by atomic mass is 10.00. The molecule has 0 N–H and O–H groups in total. The minimum atomic E-state index is -0.806. The third-order valence-corrected chi connectivity index (χ3v) is 5.15. The monoisotopic (exact) mass is 404 g/mol. The first-order chi connectivity index (χ1) is 9.75. The first kappa shape index (κ1) is 17.1. The molecule has 0 spiro atoms. The van der Waals surface area contributed by atoms with Crippen LogP contribution in [0.3, 0.4) is 0 Å². The van der Waals surface area contributed by atoms with Gasteiger partial charge in [-0.25, -0.2) is 4.39 Å². The van der Waals surface area contributed by atoms with Crippen LogP contribution in [-0.4, -0.2) is 5.24 Å². The Morgan fingerprint density at radius 2 is 1.33 bits per heavy atom. The highest BCUT2D eigenvalue weighted by atomic mass is 35.5. The van der Waals surface area contributed by atoms with Crippen LogP contribution in [0, 0.1) is 5.82 Å². The third-order valence-electron chi connectivity index (χ3n) is 2.67. The van der Waals surface area contributed by atoms with Gasteiger partial charge in [0.25, 0.3) is 5.24 Å². The second-order valence-electron chi connectivity index (χ2n) is 3.91. The molecule has 2 aromatic carbocycles. The zero-order chi connectivity index (χ0) is 15.9. The molecule has 0 bridgehead atoms. The van der Waals surface area contributed by atoms with Crippen molar-refractivity contribution in [1.29, 1.82) is 0 Å². The predicted octanol–water partition coefficient (Wildman–Crippen LogP) is 7.14. The van der Waals surface area contributed by atoms with E-state index in [1.54, 1.807) is 0 Å². The van der Waals surface area contributed by atoms with E-state index in [2.05, 4.69) is 0 Å². The van der Waals surface area contributed by atoms with E-state index in [0.717, 1.165) is 12.1 Å². The summed E-state index contributed by atoms with van der Waals surface area (Å²) in [7, 11) is 0. The highest BCUT2D eigenvalue weighted by Crippen LogP contribution is 2.49. The highest BCUT2D eigenvalue weighted by Gasteiger charge is 2.23. The molecule has 0 saturated carbocycles. The number of benzene rings is 2. The summed E-state index contributed by atoms with van der Waals surface area (Å²) in [6.07, 6.45) is 0. The topological polar surface area (TPSA) is 17.1 Å². The molecule has 110 valence electrons. The van der Waals surface area contributed by atoms with Gasteiger partial charge in [-0.2, -0.15) is 0 Å². The van der Waals surface area contributed by atoms with Gasteiger partial charge in [0.15, 0.2) is 0 Å². The van der Waals surface area contributed by atoms with Gasteiger partial charge in [-0.05, 0) is 35.4 Å². The molecule has 0 atom stereocenters. The molecule has 0 amide bonds. The number of carbonyl (C=O) groups is 1. The van der Waals surface area contributed by atoms with Gasteiger partial charge in [0.1, 0.15) is 5.82 Å². The van der Waals surface area contributed by atoms with Crippen LogP contribution in [0.25, 0.3) is 11.1 Å². The van der Waals surface area contributed by atoms with Gasteiger partial charge < -0.3 is 0 Å². The molecule has 0 fully saturated rings. The van der Waals surface area contributed by atoms with Crippen molar-refractivity contribution in [2.45, 2.75) is 0 Å². The van der Waals surface area contributed by atoms with Crippen LogP contribution < -0.4 is 0 Å². The van der Waals surface area contributed by atoms with Crippen LogP contribution in [0.2, 0.25) is 25.1 Å². The summed E-state index contributed by atoms with van der Waals surface area (Å²) in [5, 5.41) is -1.06. The average Bonchev–Trinajstić information content (AvgIpc) is 2.43. The molecular weight excluding hydrogens is 404 g/mol. The minimum Gasteiger partial charge on any atom is -0.276 e. The maximum atomic E-state index is 13.5. The van der Waals surface area contributed by atoms with Crippen molar-refractivity contribution in [3.8, 4) is 11.1 Å². The molecule has 0 aromatic heterocycles. The van der Waals surface area contributed by atoms with Gasteiger partial charge in [0, 0.05) is 11.1 Å². The van der Waals surface area contributed by atoms with Crippen LogP contribution in [0.5, 0.6) is 0 Å². The summed E-state index contributed by atoms with van der Waals surface area (Å²) in [4.78, 5) is 11.5. The number of halogens is 7. The molecule has 21 heavy (non-hydrogen) atoms. The van der Waals surface area contributed by atoms with Crippen LogP contribution in [0.15, 0.2) is 18.2 Å². The van der Waals surface area contributed by atoms with E-state index >= 15 is 0 Å². The van der Waals surface area contributed by atoms with Gasteiger partial charge in [0.05, 0.1) is 25.1 Å². The molecule has 0 aliphatic heterocycles. The van der Waals surface area contributed by atoms with Crippen molar-refractivity contribution in [1.82, 2.24) is 0 Å². The van der Waals surface area contributed by atoms with Crippen molar-refractivity contribution in [3.63, 3.8) is 0 Å². The van der Waals surface area contributed by atoms with Crippen LogP contribution in [-0.2, 0) is 0 Å². The lowest BCUT2D eigenvalue weighted by Crippen LogP contribution is -1.97. The molecule has 2 rings (SSSR count). The Labute approximate surface area is 149 Å². The predicted molar refractivity (Wildman–Crippen MR) is 87.1 cm³/mol. The Morgan fingerprint density at radius 3 is 1.81 bits per heavy atom. The fourth-order valence-electron chi connectivity index (χ4n) is 1.74. The van der Waals surface area contributed by atoms with E-state index in [1.807, 2.05) is 0 Å². The van der Waals surface area contributed by atoms with Crippen LogP contribution >= 0.6 is 69.6 Å². The van der Waals surface area contributed by atoms with Crippen molar-refractivity contribution in [2.75, 3.05) is 0 Å². The fraction of sp³-hybridized carbons (Fsp3) is 0. The first-order valence-electron chi connectivity index (χ1n) is 5.27. The van der Waals surface area contributed by atoms with Crippen molar-refractivity contribution in [3.05, 3.63) is 54.7 Å². The average molecular weight is 407 g/mol. The normalized spacial score (nSPS) is 10.8. The number of carbonyl (C=O) groups excluding carboxylic acids is 1. The van der Waals surface area contributed by atoms with Crippen LogP contribution in [0.1, 0.15) is 10.4 Å². The van der Waals surface area contributed by atoms with Gasteiger partial charge in [-0.15, -0.1) is 0 Å². The zero-order valence-corrected chi connectivity index (χ0v) is 14.3. The molecule has 0 unspecified atom stereocenters. The van der Waals surface area contributed by atoms with Gasteiger partial charge in [0.2, 0.25) is 0 Å². The van der Waals surface area contributed by atoms with E-state index in [9.17, 15) is 9.18 Å². The Morgan fingerprint density at radius 1 is 0.857 bits per heavy atom. The Bertz CT molecular complexity index is 730. The van der Waals surface area contributed by atoms with Gasteiger partial charge in [-0.1, -0.05) is 58.0 Å². The molecule has 0 aliphatic carbocycles. The molecule has 1 nitrogen and oxygen atoms in total.